The molecule has 78 valence electrons. The molecule has 1 aromatic rings. The predicted molar refractivity (Wildman–Crippen MR) is 58.0 cm³/mol. The Hall–Kier alpha value is -0.890. The number of nitrogens with two attached hydrogens (primary N) is 1. The third-order valence-corrected chi connectivity index (χ3v) is 2.74. The topological polar surface area (TPSA) is 26.0 Å². The number of hydrogen-bond donors (Lipinski definition) is 1. The van der Waals surface area contributed by atoms with E-state index < -0.39 is 5.67 Å². The Morgan fingerprint density at radius 2 is 2.07 bits per heavy atom. The number of hydrogen-bond acceptors (Lipinski definition) is 1. The first-order chi connectivity index (χ1) is 6.66. The summed E-state index contributed by atoms with van der Waals surface area (Å²) in [5.74, 6) is 0. The first-order valence-corrected chi connectivity index (χ1v) is 5.14. The minimum absolute atomic E-state index is 0.0522. The van der Waals surface area contributed by atoms with E-state index in [1.807, 2.05) is 31.2 Å². The Bertz CT molecular complexity index is 292. The van der Waals surface area contributed by atoms with Gasteiger partial charge in [-0.15, -0.1) is 0 Å². The molecule has 2 heteroatoms. The van der Waals surface area contributed by atoms with Gasteiger partial charge in [0.2, 0.25) is 0 Å². The lowest BCUT2D eigenvalue weighted by Crippen LogP contribution is -2.29. The van der Waals surface area contributed by atoms with Gasteiger partial charge in [-0.1, -0.05) is 38.1 Å². The summed E-state index contributed by atoms with van der Waals surface area (Å²) in [5, 5.41) is 0. The highest BCUT2D eigenvalue weighted by Gasteiger charge is 2.27. The van der Waals surface area contributed by atoms with E-state index in [-0.39, 0.29) is 6.54 Å². The van der Waals surface area contributed by atoms with E-state index in [9.17, 15) is 4.39 Å². The molecule has 1 atom stereocenters. The Kier molecular flexibility index (Phi) is 3.64. The minimum atomic E-state index is -1.36. The minimum Gasteiger partial charge on any atom is -0.327 e. The summed E-state index contributed by atoms with van der Waals surface area (Å²) in [5.41, 5.74) is 5.98. The maximum atomic E-state index is 14.2. The van der Waals surface area contributed by atoms with Crippen LogP contribution in [0.4, 0.5) is 4.39 Å². The predicted octanol–water partition coefficient (Wildman–Crippen LogP) is 2.78. The van der Waals surface area contributed by atoms with Crippen LogP contribution in [-0.4, -0.2) is 6.54 Å². The van der Waals surface area contributed by atoms with Gasteiger partial charge in [0, 0.05) is 6.54 Å². The van der Waals surface area contributed by atoms with E-state index in [0.29, 0.717) is 12.0 Å². The molecule has 14 heavy (non-hydrogen) atoms. The van der Waals surface area contributed by atoms with Crippen LogP contribution < -0.4 is 5.73 Å². The molecule has 0 aliphatic carbocycles. The molecule has 0 saturated heterocycles. The van der Waals surface area contributed by atoms with Crippen LogP contribution in [0, 0.1) is 0 Å². The Morgan fingerprint density at radius 3 is 2.57 bits per heavy atom. The molecule has 0 spiro atoms. The fourth-order valence-corrected chi connectivity index (χ4v) is 1.54. The molecule has 1 nitrogen and oxygen atoms in total. The van der Waals surface area contributed by atoms with Gasteiger partial charge in [-0.2, -0.15) is 0 Å². The van der Waals surface area contributed by atoms with Gasteiger partial charge >= 0.3 is 0 Å². The zero-order valence-electron chi connectivity index (χ0n) is 8.89. The maximum Gasteiger partial charge on any atom is 0.147 e. The van der Waals surface area contributed by atoms with Gasteiger partial charge in [0.1, 0.15) is 5.67 Å². The number of benzene rings is 1. The molecule has 0 saturated carbocycles. The first-order valence-electron chi connectivity index (χ1n) is 5.14. The van der Waals surface area contributed by atoms with Crippen molar-refractivity contribution >= 4 is 0 Å². The van der Waals surface area contributed by atoms with Crippen LogP contribution in [-0.2, 0) is 12.1 Å². The molecule has 0 bridgehead atoms. The van der Waals surface area contributed by atoms with Crippen molar-refractivity contribution in [1.29, 1.82) is 0 Å². The number of rotatable bonds is 4. The largest absolute Gasteiger partial charge is 0.327 e. The molecule has 0 heterocycles. The number of alkyl halides is 1. The van der Waals surface area contributed by atoms with Gasteiger partial charge < -0.3 is 5.73 Å². The summed E-state index contributed by atoms with van der Waals surface area (Å²) >= 11 is 0. The second kappa shape index (κ2) is 4.56. The van der Waals surface area contributed by atoms with E-state index in [1.54, 1.807) is 0 Å². The second-order valence-electron chi connectivity index (χ2n) is 3.58. The molecule has 0 aliphatic heterocycles. The quantitative estimate of drug-likeness (QED) is 0.785. The fourth-order valence-electron chi connectivity index (χ4n) is 1.54. The number of halogens is 1. The van der Waals surface area contributed by atoms with Gasteiger partial charge in [-0.05, 0) is 24.0 Å². The monoisotopic (exact) mass is 195 g/mol. The van der Waals surface area contributed by atoms with Crippen molar-refractivity contribution in [3.8, 4) is 0 Å². The average Bonchev–Trinajstić information content (AvgIpc) is 2.28. The average molecular weight is 195 g/mol. The zero-order chi connectivity index (χ0) is 10.6. The van der Waals surface area contributed by atoms with Gasteiger partial charge in [0.15, 0.2) is 0 Å². The fraction of sp³-hybridized carbons (Fsp3) is 0.500. The smallest absolute Gasteiger partial charge is 0.147 e. The van der Waals surface area contributed by atoms with E-state index in [0.717, 1.165) is 12.0 Å². The molecule has 1 unspecified atom stereocenters. The second-order valence-corrected chi connectivity index (χ2v) is 3.58. The lowest BCUT2D eigenvalue weighted by atomic mass is 9.91. The Labute approximate surface area is 85.1 Å². The molecule has 1 rings (SSSR count). The summed E-state index contributed by atoms with van der Waals surface area (Å²) in [6.07, 6.45) is 1.36. The van der Waals surface area contributed by atoms with Gasteiger partial charge in [0.25, 0.3) is 0 Å². The highest BCUT2D eigenvalue weighted by molar-refractivity contribution is 5.28. The van der Waals surface area contributed by atoms with Crippen LogP contribution in [0.5, 0.6) is 0 Å². The van der Waals surface area contributed by atoms with Gasteiger partial charge in [-0.3, -0.25) is 0 Å². The third-order valence-electron chi connectivity index (χ3n) is 2.74. The molecular weight excluding hydrogens is 177 g/mol. The molecule has 2 N–H and O–H groups in total. The Balaban J connectivity index is 3.04. The van der Waals surface area contributed by atoms with Crippen LogP contribution in [0.2, 0.25) is 0 Å². The summed E-state index contributed by atoms with van der Waals surface area (Å²) in [7, 11) is 0. The van der Waals surface area contributed by atoms with Crippen LogP contribution in [0.15, 0.2) is 24.3 Å². The molecule has 0 radical (unpaired) electrons. The summed E-state index contributed by atoms with van der Waals surface area (Å²) in [6, 6.07) is 7.63. The Morgan fingerprint density at radius 1 is 1.36 bits per heavy atom. The number of aryl methyl sites for hydroxylation is 1. The van der Waals surface area contributed by atoms with E-state index in [2.05, 4.69) is 6.92 Å². The van der Waals surface area contributed by atoms with Crippen molar-refractivity contribution in [3.63, 3.8) is 0 Å². The molecule has 0 aromatic heterocycles. The van der Waals surface area contributed by atoms with Crippen LogP contribution in [0.1, 0.15) is 31.4 Å². The molecule has 1 aromatic carbocycles. The van der Waals surface area contributed by atoms with Crippen molar-refractivity contribution in [2.45, 2.75) is 32.4 Å². The van der Waals surface area contributed by atoms with Crippen molar-refractivity contribution in [2.24, 2.45) is 5.73 Å². The molecule has 0 amide bonds. The van der Waals surface area contributed by atoms with Crippen LogP contribution >= 0.6 is 0 Å². The molecular formula is C12H18FN. The van der Waals surface area contributed by atoms with Crippen LogP contribution in [0.3, 0.4) is 0 Å². The van der Waals surface area contributed by atoms with Crippen LogP contribution in [0.25, 0.3) is 0 Å². The lowest BCUT2D eigenvalue weighted by molar-refractivity contribution is 0.169. The standard InChI is InChI=1S/C12H18FN/c1-3-10-6-5-7-11(8-10)12(13,4-2)9-14/h5-8H,3-4,9,14H2,1-2H3. The normalized spacial score (nSPS) is 15.1. The zero-order valence-corrected chi connectivity index (χ0v) is 8.89. The summed E-state index contributed by atoms with van der Waals surface area (Å²) in [4.78, 5) is 0. The summed E-state index contributed by atoms with van der Waals surface area (Å²) in [6.45, 7) is 3.94. The highest BCUT2D eigenvalue weighted by atomic mass is 19.1. The van der Waals surface area contributed by atoms with Crippen molar-refractivity contribution in [1.82, 2.24) is 0 Å². The van der Waals surface area contributed by atoms with Gasteiger partial charge in [0.05, 0.1) is 0 Å². The third kappa shape index (κ3) is 2.13. The molecule has 0 aliphatic rings. The van der Waals surface area contributed by atoms with E-state index in [4.69, 9.17) is 5.73 Å². The maximum absolute atomic E-state index is 14.2. The SMILES string of the molecule is CCc1cccc(C(F)(CC)CN)c1. The van der Waals surface area contributed by atoms with Gasteiger partial charge in [-0.25, -0.2) is 4.39 Å². The lowest BCUT2D eigenvalue weighted by Gasteiger charge is -2.22. The highest BCUT2D eigenvalue weighted by Crippen LogP contribution is 2.28. The first kappa shape index (κ1) is 11.2. The van der Waals surface area contributed by atoms with E-state index >= 15 is 0 Å². The van der Waals surface area contributed by atoms with Crippen molar-refractivity contribution < 1.29 is 4.39 Å². The molecule has 0 fully saturated rings. The summed E-state index contributed by atoms with van der Waals surface area (Å²) < 4.78 is 14.2. The van der Waals surface area contributed by atoms with Crippen molar-refractivity contribution in [2.75, 3.05) is 6.54 Å². The van der Waals surface area contributed by atoms with E-state index in [1.165, 1.54) is 0 Å². The van der Waals surface area contributed by atoms with Crippen molar-refractivity contribution in [3.05, 3.63) is 35.4 Å².